The number of carbonyl (C=O) groups is 4. The highest BCUT2D eigenvalue weighted by Gasteiger charge is 2.28. The molecule has 0 heterocycles. The van der Waals surface area contributed by atoms with Crippen LogP contribution in [0.4, 0.5) is 0 Å². The molecule has 0 saturated heterocycles. The molecule has 0 aliphatic heterocycles. The zero-order valence-electron chi connectivity index (χ0n) is 27.1. The zero-order valence-corrected chi connectivity index (χ0v) is 28.9. The van der Waals surface area contributed by atoms with Gasteiger partial charge in [0.25, 0.3) is 0 Å². The maximum atomic E-state index is 12.1. The molecule has 4 amide bonds. The molecule has 19 heteroatoms. The number of ether oxygens (including phenoxy) is 4. The van der Waals surface area contributed by atoms with E-state index < -0.39 is 38.6 Å². The zero-order chi connectivity index (χ0) is 34.3. The first-order valence-electron chi connectivity index (χ1n) is 15.4. The first-order valence-corrected chi connectivity index (χ1v) is 19.9. The summed E-state index contributed by atoms with van der Waals surface area (Å²) in [6, 6.07) is -0.176. The molecule has 1 fully saturated rings. The van der Waals surface area contributed by atoms with Crippen molar-refractivity contribution >= 4 is 38.6 Å². The van der Waals surface area contributed by atoms with Gasteiger partial charge in [0.15, 0.2) is 7.37 Å². The second-order valence-electron chi connectivity index (χ2n) is 10.9. The molecule has 5 N–H and O–H groups in total. The quantitative estimate of drug-likeness (QED) is 0.0508. The van der Waals surface area contributed by atoms with Gasteiger partial charge in [-0.05, 0) is 38.5 Å². The van der Waals surface area contributed by atoms with Crippen LogP contribution in [0.25, 0.3) is 0 Å². The van der Waals surface area contributed by atoms with Crippen LogP contribution < -0.4 is 21.3 Å². The molecule has 1 unspecified atom stereocenters. The standard InChI is InChI=1S/C27H52N4O13P2/c1-45(2,36)43-21-20-41-15-12-30-25(33)24(32)28-10-4-13-39-16-18-42-19-17-40-14-5-11-29-26(34)27(35)31-22-6-8-23(9-7-22)44-46(3,37)38/h22-23H,4-21H2,1-3H3,(H,28,32)(H,29,34)(H,30,33)(H,31,35)(H,37,38)/t22-,23+. The summed E-state index contributed by atoms with van der Waals surface area (Å²) >= 11 is 0. The second-order valence-corrected chi connectivity index (χ2v) is 15.4. The Morgan fingerprint density at radius 3 is 1.54 bits per heavy atom. The van der Waals surface area contributed by atoms with Crippen LogP contribution in [0.15, 0.2) is 0 Å². The van der Waals surface area contributed by atoms with Gasteiger partial charge in [0.1, 0.15) is 0 Å². The van der Waals surface area contributed by atoms with Gasteiger partial charge in [-0.15, -0.1) is 0 Å². The lowest BCUT2D eigenvalue weighted by Crippen LogP contribution is -2.46. The second kappa shape index (κ2) is 24.2. The number of carbonyl (C=O) groups excluding carboxylic acids is 4. The molecule has 0 radical (unpaired) electrons. The molecule has 0 bridgehead atoms. The predicted molar refractivity (Wildman–Crippen MR) is 168 cm³/mol. The summed E-state index contributed by atoms with van der Waals surface area (Å²) in [6.07, 6.45) is 2.92. The van der Waals surface area contributed by atoms with Crippen LogP contribution >= 0.6 is 15.0 Å². The van der Waals surface area contributed by atoms with E-state index in [2.05, 4.69) is 21.3 Å². The molecule has 17 nitrogen and oxygen atoms in total. The Labute approximate surface area is 270 Å². The SMILES string of the molecule is CP(C)(=O)OCCOCCNC(=O)C(=O)NCCCOCCOCCOCCCNC(=O)C(=O)N[C@H]1CC[C@@H](OP(C)(=O)O)CC1. The van der Waals surface area contributed by atoms with Crippen LogP contribution in [0.5, 0.6) is 0 Å². The van der Waals surface area contributed by atoms with Gasteiger partial charge in [0.2, 0.25) is 0 Å². The van der Waals surface area contributed by atoms with Crippen molar-refractivity contribution in [3.63, 3.8) is 0 Å². The lowest BCUT2D eigenvalue weighted by molar-refractivity contribution is -0.139. The highest BCUT2D eigenvalue weighted by atomic mass is 31.2. The van der Waals surface area contributed by atoms with Crippen LogP contribution in [-0.4, -0.2) is 140 Å². The van der Waals surface area contributed by atoms with E-state index in [0.29, 0.717) is 78.2 Å². The normalized spacial score (nSPS) is 17.9. The van der Waals surface area contributed by atoms with E-state index in [1.54, 1.807) is 0 Å². The van der Waals surface area contributed by atoms with E-state index in [1.807, 2.05) is 0 Å². The minimum absolute atomic E-state index is 0.161. The Morgan fingerprint density at radius 1 is 0.609 bits per heavy atom. The Balaban J connectivity index is 1.86. The number of hydrogen-bond acceptors (Lipinski definition) is 12. The average molecular weight is 703 g/mol. The lowest BCUT2D eigenvalue weighted by atomic mass is 9.93. The first-order chi connectivity index (χ1) is 21.8. The van der Waals surface area contributed by atoms with Crippen molar-refractivity contribution in [3.8, 4) is 0 Å². The van der Waals surface area contributed by atoms with E-state index in [4.69, 9.17) is 28.0 Å². The van der Waals surface area contributed by atoms with Gasteiger partial charge < -0.3 is 54.2 Å². The smallest absolute Gasteiger partial charge is 0.325 e. The summed E-state index contributed by atoms with van der Waals surface area (Å²) in [5.74, 6) is -2.92. The van der Waals surface area contributed by atoms with Crippen molar-refractivity contribution in [1.82, 2.24) is 21.3 Å². The summed E-state index contributed by atoms with van der Waals surface area (Å²) in [6.45, 7) is 7.73. The van der Waals surface area contributed by atoms with E-state index in [0.717, 1.165) is 6.66 Å². The van der Waals surface area contributed by atoms with Gasteiger partial charge in [-0.2, -0.15) is 0 Å². The number of nitrogens with one attached hydrogen (secondary N) is 4. The molecule has 0 aromatic rings. The Morgan fingerprint density at radius 2 is 1.04 bits per heavy atom. The number of rotatable bonds is 24. The molecular formula is C27H52N4O13P2. The van der Waals surface area contributed by atoms with Crippen molar-refractivity contribution in [1.29, 1.82) is 0 Å². The Kier molecular flexibility index (Phi) is 22.2. The monoisotopic (exact) mass is 702 g/mol. The summed E-state index contributed by atoms with van der Waals surface area (Å²) in [4.78, 5) is 56.9. The van der Waals surface area contributed by atoms with Gasteiger partial charge in [0, 0.05) is 58.9 Å². The van der Waals surface area contributed by atoms with Crippen molar-refractivity contribution in [3.05, 3.63) is 0 Å². The van der Waals surface area contributed by atoms with Crippen molar-refractivity contribution in [2.24, 2.45) is 0 Å². The largest absolute Gasteiger partial charge is 0.379 e. The maximum Gasteiger partial charge on any atom is 0.325 e. The van der Waals surface area contributed by atoms with E-state index >= 15 is 0 Å². The van der Waals surface area contributed by atoms with Crippen LogP contribution in [0.1, 0.15) is 38.5 Å². The highest BCUT2D eigenvalue weighted by Crippen LogP contribution is 2.41. The fourth-order valence-electron chi connectivity index (χ4n) is 4.03. The number of amides is 4. The Hall–Kier alpha value is -1.94. The fourth-order valence-corrected chi connectivity index (χ4v) is 5.31. The predicted octanol–water partition coefficient (Wildman–Crippen LogP) is -0.00490. The third-order valence-corrected chi connectivity index (χ3v) is 7.67. The van der Waals surface area contributed by atoms with Crippen molar-refractivity contribution < 1.29 is 61.2 Å². The van der Waals surface area contributed by atoms with Crippen LogP contribution in [0, 0.1) is 0 Å². The third-order valence-electron chi connectivity index (χ3n) is 6.17. The van der Waals surface area contributed by atoms with Gasteiger partial charge in [0.05, 0.1) is 52.4 Å². The fraction of sp³-hybridized carbons (Fsp3) is 0.852. The van der Waals surface area contributed by atoms with E-state index in [1.165, 1.54) is 13.3 Å². The topological polar surface area (TPSA) is 226 Å². The van der Waals surface area contributed by atoms with E-state index in [-0.39, 0.29) is 51.6 Å². The molecule has 1 rings (SSSR count). The minimum atomic E-state index is -3.54. The molecule has 1 saturated carbocycles. The van der Waals surface area contributed by atoms with Gasteiger partial charge >= 0.3 is 31.2 Å². The maximum absolute atomic E-state index is 12.1. The molecule has 0 spiro atoms. The average Bonchev–Trinajstić information content (AvgIpc) is 2.97. The van der Waals surface area contributed by atoms with Gasteiger partial charge in [-0.1, -0.05) is 0 Å². The molecule has 1 atom stereocenters. The molecule has 1 aliphatic carbocycles. The van der Waals surface area contributed by atoms with Crippen LogP contribution in [0.2, 0.25) is 0 Å². The first kappa shape index (κ1) is 42.1. The highest BCUT2D eigenvalue weighted by molar-refractivity contribution is 7.57. The molecule has 268 valence electrons. The van der Waals surface area contributed by atoms with Crippen LogP contribution in [-0.2, 0) is 56.3 Å². The summed E-state index contributed by atoms with van der Waals surface area (Å²) in [7, 11) is -6.08. The van der Waals surface area contributed by atoms with Crippen molar-refractivity contribution in [2.45, 2.75) is 50.7 Å². The van der Waals surface area contributed by atoms with Gasteiger partial charge in [-0.3, -0.25) is 28.3 Å². The third kappa shape index (κ3) is 24.3. The summed E-state index contributed by atoms with van der Waals surface area (Å²) < 4.78 is 54.4. The summed E-state index contributed by atoms with van der Waals surface area (Å²) in [5, 5.41) is 10.2. The molecule has 0 aromatic heterocycles. The minimum Gasteiger partial charge on any atom is -0.379 e. The van der Waals surface area contributed by atoms with Crippen LogP contribution in [0.3, 0.4) is 0 Å². The lowest BCUT2D eigenvalue weighted by Gasteiger charge is -2.29. The molecule has 46 heavy (non-hydrogen) atoms. The van der Waals surface area contributed by atoms with E-state index in [9.17, 15) is 33.2 Å². The van der Waals surface area contributed by atoms with Crippen molar-refractivity contribution in [2.75, 3.05) is 99.1 Å². The van der Waals surface area contributed by atoms with Gasteiger partial charge in [-0.25, -0.2) is 0 Å². The number of hydrogen-bond donors (Lipinski definition) is 5. The molecule has 0 aromatic carbocycles. The molecular weight excluding hydrogens is 650 g/mol. The molecule has 1 aliphatic rings. The summed E-state index contributed by atoms with van der Waals surface area (Å²) in [5.41, 5.74) is 0. The Bertz CT molecular complexity index is 1000.